The van der Waals surface area contributed by atoms with Crippen molar-refractivity contribution < 1.29 is 36.8 Å². The van der Waals surface area contributed by atoms with Gasteiger partial charge in [-0.3, -0.25) is 23.9 Å². The summed E-state index contributed by atoms with van der Waals surface area (Å²) in [6.07, 6.45) is -1.47. The van der Waals surface area contributed by atoms with Crippen LogP contribution in [0, 0.1) is 0 Å². The maximum atomic E-state index is 12.2. The van der Waals surface area contributed by atoms with Crippen molar-refractivity contribution in [1.82, 2.24) is 20.8 Å². The van der Waals surface area contributed by atoms with Gasteiger partial charge >= 0.3 is 10.4 Å². The van der Waals surface area contributed by atoms with Gasteiger partial charge in [-0.05, 0) is 0 Å². The largest absolute Gasteiger partial charge is 0.413 e. The second kappa shape index (κ2) is 6.61. The highest BCUT2D eigenvalue weighted by Crippen LogP contribution is 2.26. The zero-order valence-electron chi connectivity index (χ0n) is 12.5. The fourth-order valence-electron chi connectivity index (χ4n) is 3.01. The number of aliphatic hydroxyl groups is 1. The number of hydroxylamine groups is 3. The number of nitrogens with zero attached hydrogens (tertiary/aromatic N) is 2. The van der Waals surface area contributed by atoms with E-state index in [1.807, 2.05) is 0 Å². The third-order valence-electron chi connectivity index (χ3n) is 4.21. The van der Waals surface area contributed by atoms with Gasteiger partial charge in [0.2, 0.25) is 0 Å². The van der Waals surface area contributed by atoms with E-state index in [1.54, 1.807) is 4.90 Å². The molecule has 5 atom stereocenters. The smallest absolute Gasteiger partial charge is 0.389 e. The molecule has 3 heterocycles. The van der Waals surface area contributed by atoms with E-state index in [1.165, 1.54) is 0 Å². The molecule has 3 saturated heterocycles. The van der Waals surface area contributed by atoms with E-state index in [0.29, 0.717) is 13.1 Å². The zero-order valence-corrected chi connectivity index (χ0v) is 13.3. The van der Waals surface area contributed by atoms with Gasteiger partial charge in [0.05, 0.1) is 18.8 Å². The summed E-state index contributed by atoms with van der Waals surface area (Å²) in [5, 5.41) is 13.3. The van der Waals surface area contributed by atoms with Crippen LogP contribution in [0.1, 0.15) is 6.42 Å². The van der Waals surface area contributed by atoms with E-state index >= 15 is 0 Å². The topological polar surface area (TPSA) is 158 Å². The first-order valence-electron chi connectivity index (χ1n) is 7.29. The second-order valence-corrected chi connectivity index (χ2v) is 6.89. The lowest BCUT2D eigenvalue weighted by atomic mass is 9.99. The maximum Gasteiger partial charge on any atom is 0.413 e. The molecule has 3 aliphatic rings. The number of carbonyl (C=O) groups is 2. The van der Waals surface area contributed by atoms with Gasteiger partial charge in [-0.2, -0.15) is 12.7 Å². The first-order valence-corrected chi connectivity index (χ1v) is 8.66. The Morgan fingerprint density at radius 1 is 1.38 bits per heavy atom. The molecular weight excluding hydrogens is 348 g/mol. The van der Waals surface area contributed by atoms with E-state index < -0.39 is 40.6 Å². The fourth-order valence-corrected chi connectivity index (χ4v) is 3.40. The van der Waals surface area contributed by atoms with Crippen LogP contribution in [0.2, 0.25) is 0 Å². The molecule has 136 valence electrons. The van der Waals surface area contributed by atoms with Crippen LogP contribution in [-0.4, -0.2) is 90.3 Å². The number of hydrogen-bond donors (Lipinski definition) is 4. The number of aliphatic hydroxyl groups excluding tert-OH is 1. The van der Waals surface area contributed by atoms with Crippen LogP contribution in [-0.2, 0) is 29.1 Å². The highest BCUT2D eigenvalue weighted by Gasteiger charge is 2.48. The fraction of sp³-hybridized carbons (Fsp3) is 0.818. The minimum Gasteiger partial charge on any atom is -0.389 e. The lowest BCUT2D eigenvalue weighted by Gasteiger charge is -2.29. The Morgan fingerprint density at radius 2 is 2.12 bits per heavy atom. The summed E-state index contributed by atoms with van der Waals surface area (Å²) in [6.45, 7) is 0.701. The maximum absolute atomic E-state index is 12.2. The Labute approximate surface area is 137 Å². The Balaban J connectivity index is 1.59. The highest BCUT2D eigenvalue weighted by atomic mass is 32.3. The number of ketones is 1. The molecule has 3 aliphatic heterocycles. The molecule has 24 heavy (non-hydrogen) atoms. The molecule has 12 nitrogen and oxygen atoms in total. The number of hydrogen-bond acceptors (Lipinski definition) is 10. The van der Waals surface area contributed by atoms with E-state index in [-0.39, 0.29) is 25.4 Å². The summed E-state index contributed by atoms with van der Waals surface area (Å²) in [5.41, 5.74) is 2.23. The van der Waals surface area contributed by atoms with Gasteiger partial charge in [0.1, 0.15) is 12.1 Å². The highest BCUT2D eigenvalue weighted by molar-refractivity contribution is 7.80. The minimum atomic E-state index is -4.75. The van der Waals surface area contributed by atoms with Crippen molar-refractivity contribution in [1.29, 1.82) is 0 Å². The molecule has 1 amide bonds. The molecular formula is C11H18N4O8S. The van der Waals surface area contributed by atoms with Gasteiger partial charge in [0, 0.05) is 26.1 Å². The average Bonchev–Trinajstić information content (AvgIpc) is 3.04. The lowest BCUT2D eigenvalue weighted by molar-refractivity contribution is -0.149. The van der Waals surface area contributed by atoms with Crippen LogP contribution < -0.4 is 10.8 Å². The predicted octanol–water partition coefficient (Wildman–Crippen LogP) is -3.61. The number of fused-ring (bicyclic) bond motifs is 2. The van der Waals surface area contributed by atoms with Gasteiger partial charge in [0.15, 0.2) is 5.78 Å². The molecule has 3 rings (SSSR count). The Kier molecular flexibility index (Phi) is 4.85. The van der Waals surface area contributed by atoms with Crippen LogP contribution in [0.15, 0.2) is 0 Å². The number of β-amino-alcohol motifs (C(OH)–C–C–N with tert-alkyl or cyclic N) is 1. The first-order chi connectivity index (χ1) is 11.2. The molecule has 5 unspecified atom stereocenters. The van der Waals surface area contributed by atoms with E-state index in [9.17, 15) is 23.1 Å². The molecule has 0 aromatic rings. The third kappa shape index (κ3) is 3.73. The molecule has 3 fully saturated rings. The zero-order chi connectivity index (χ0) is 17.5. The molecule has 4 N–H and O–H groups in total. The number of piperidine rings is 1. The summed E-state index contributed by atoms with van der Waals surface area (Å²) in [7, 11) is -4.75. The monoisotopic (exact) mass is 366 g/mol. The van der Waals surface area contributed by atoms with Gasteiger partial charge in [0.25, 0.3) is 5.91 Å². The summed E-state index contributed by atoms with van der Waals surface area (Å²) >= 11 is 0. The van der Waals surface area contributed by atoms with Gasteiger partial charge < -0.3 is 10.4 Å². The van der Waals surface area contributed by atoms with Crippen molar-refractivity contribution in [2.75, 3.05) is 26.3 Å². The number of rotatable bonds is 5. The number of Topliss-reactive ketones (excluding diaryl/α,β-unsaturated/α-hetero) is 1. The minimum absolute atomic E-state index is 0.0973. The van der Waals surface area contributed by atoms with Crippen molar-refractivity contribution in [3.05, 3.63) is 0 Å². The number of carbonyl (C=O) groups excluding carboxylic acids is 2. The lowest BCUT2D eigenvalue weighted by Crippen LogP contribution is -2.52. The summed E-state index contributed by atoms with van der Waals surface area (Å²) < 4.78 is 34.7. The Morgan fingerprint density at radius 3 is 2.75 bits per heavy atom. The molecule has 0 aliphatic carbocycles. The Bertz CT molecular complexity index is 628. The predicted molar refractivity (Wildman–Crippen MR) is 75.1 cm³/mol. The number of amides is 1. The van der Waals surface area contributed by atoms with E-state index in [0.717, 1.165) is 5.06 Å². The summed E-state index contributed by atoms with van der Waals surface area (Å²) in [4.78, 5) is 31.0. The average molecular weight is 366 g/mol. The van der Waals surface area contributed by atoms with Crippen LogP contribution in [0.25, 0.3) is 0 Å². The normalized spacial score (nSPS) is 36.9. The molecule has 0 aromatic carbocycles. The molecule has 0 aromatic heterocycles. The van der Waals surface area contributed by atoms with Crippen LogP contribution in [0.5, 0.6) is 0 Å². The van der Waals surface area contributed by atoms with Gasteiger partial charge in [-0.25, -0.2) is 5.48 Å². The second-order valence-electron chi connectivity index (χ2n) is 5.88. The summed E-state index contributed by atoms with van der Waals surface area (Å²) in [6, 6.07) is -1.71. The van der Waals surface area contributed by atoms with Crippen molar-refractivity contribution in [2.24, 2.45) is 0 Å². The Hall–Kier alpha value is -1.19. The molecule has 0 saturated carbocycles. The SMILES string of the molecule is O=C(NOC1CNCC1O)C1CC(=O)C2CN1CN2OS(=O)(=O)O. The van der Waals surface area contributed by atoms with Crippen LogP contribution in [0.4, 0.5) is 0 Å². The standard InChI is InChI=1S/C11H18N4O8S/c16-8-1-6(11(18)13-22-10-3-12-2-9(10)17)14-4-7(8)15(5-14)23-24(19,20)21/h6-7,9-10,12,17H,1-5H2,(H,13,18)(H,19,20,21). The summed E-state index contributed by atoms with van der Waals surface area (Å²) in [5.74, 6) is -0.954. The van der Waals surface area contributed by atoms with Crippen molar-refractivity contribution in [3.63, 3.8) is 0 Å². The quantitative estimate of drug-likeness (QED) is 0.281. The molecule has 0 radical (unpaired) electrons. The van der Waals surface area contributed by atoms with Gasteiger partial charge in [-0.1, -0.05) is 0 Å². The molecule has 13 heteroatoms. The van der Waals surface area contributed by atoms with Gasteiger partial charge in [-0.15, -0.1) is 5.06 Å². The van der Waals surface area contributed by atoms with E-state index in [2.05, 4.69) is 15.1 Å². The first kappa shape index (κ1) is 17.6. The van der Waals surface area contributed by atoms with Crippen LogP contribution in [0.3, 0.4) is 0 Å². The molecule has 2 bridgehead atoms. The van der Waals surface area contributed by atoms with Crippen molar-refractivity contribution in [3.8, 4) is 0 Å². The number of nitrogens with one attached hydrogen (secondary N) is 2. The van der Waals surface area contributed by atoms with Crippen molar-refractivity contribution in [2.45, 2.75) is 30.7 Å². The van der Waals surface area contributed by atoms with Crippen LogP contribution >= 0.6 is 0 Å². The van der Waals surface area contributed by atoms with E-state index in [4.69, 9.17) is 9.39 Å². The third-order valence-corrected chi connectivity index (χ3v) is 4.59. The van der Waals surface area contributed by atoms with Crippen molar-refractivity contribution >= 4 is 22.1 Å². The molecule has 0 spiro atoms.